The van der Waals surface area contributed by atoms with E-state index in [0.29, 0.717) is 23.8 Å². The van der Waals surface area contributed by atoms with Crippen molar-refractivity contribution in [1.82, 2.24) is 14.7 Å². The average molecular weight is 264 g/mol. The summed E-state index contributed by atoms with van der Waals surface area (Å²) >= 11 is 0. The van der Waals surface area contributed by atoms with E-state index in [-0.39, 0.29) is 5.91 Å². The SMILES string of the molecule is CCn1nc(C)c(N)c1C(=O)N(C)CC1CCCC1. The second-order valence-corrected chi connectivity index (χ2v) is 5.50. The molecule has 1 aromatic heterocycles. The van der Waals surface area contributed by atoms with Crippen molar-refractivity contribution in [2.45, 2.75) is 46.1 Å². The van der Waals surface area contributed by atoms with Gasteiger partial charge in [0, 0.05) is 20.1 Å². The first kappa shape index (κ1) is 13.9. The smallest absolute Gasteiger partial charge is 0.274 e. The highest BCUT2D eigenvalue weighted by atomic mass is 16.2. The fraction of sp³-hybridized carbons (Fsp3) is 0.714. The van der Waals surface area contributed by atoms with E-state index in [1.165, 1.54) is 25.7 Å². The molecule has 1 amide bonds. The van der Waals surface area contributed by atoms with Crippen molar-refractivity contribution in [2.24, 2.45) is 5.92 Å². The summed E-state index contributed by atoms with van der Waals surface area (Å²) in [5, 5.41) is 4.31. The first-order valence-corrected chi connectivity index (χ1v) is 7.13. The number of hydrogen-bond acceptors (Lipinski definition) is 3. The number of rotatable bonds is 4. The van der Waals surface area contributed by atoms with Gasteiger partial charge in [0.1, 0.15) is 5.69 Å². The molecule has 1 aromatic rings. The molecule has 5 nitrogen and oxygen atoms in total. The maximum atomic E-state index is 12.5. The Balaban J connectivity index is 2.13. The number of aryl methyl sites for hydroxylation is 2. The first-order chi connectivity index (χ1) is 9.04. The summed E-state index contributed by atoms with van der Waals surface area (Å²) in [5.74, 6) is 0.640. The van der Waals surface area contributed by atoms with Crippen LogP contribution in [0.4, 0.5) is 5.69 Å². The van der Waals surface area contributed by atoms with Crippen LogP contribution in [0.2, 0.25) is 0 Å². The van der Waals surface area contributed by atoms with E-state index in [0.717, 1.165) is 12.2 Å². The second-order valence-electron chi connectivity index (χ2n) is 5.50. The van der Waals surface area contributed by atoms with E-state index in [1.807, 2.05) is 20.9 Å². The summed E-state index contributed by atoms with van der Waals surface area (Å²) in [6.07, 6.45) is 5.06. The van der Waals surface area contributed by atoms with E-state index in [1.54, 1.807) is 9.58 Å². The maximum absolute atomic E-state index is 12.5. The molecule has 2 N–H and O–H groups in total. The first-order valence-electron chi connectivity index (χ1n) is 7.13. The molecule has 0 atom stereocenters. The van der Waals surface area contributed by atoms with Gasteiger partial charge in [-0.05, 0) is 32.6 Å². The zero-order valence-corrected chi connectivity index (χ0v) is 12.1. The fourth-order valence-electron chi connectivity index (χ4n) is 2.89. The van der Waals surface area contributed by atoms with Gasteiger partial charge in [0.25, 0.3) is 5.91 Å². The Morgan fingerprint density at radius 1 is 1.47 bits per heavy atom. The van der Waals surface area contributed by atoms with Gasteiger partial charge in [0.2, 0.25) is 0 Å². The van der Waals surface area contributed by atoms with Gasteiger partial charge in [-0.1, -0.05) is 12.8 Å². The molecule has 0 unspecified atom stereocenters. The number of carbonyl (C=O) groups is 1. The summed E-state index contributed by atoms with van der Waals surface area (Å²) in [7, 11) is 1.86. The number of aromatic nitrogens is 2. The minimum atomic E-state index is -0.00755. The number of hydrogen-bond donors (Lipinski definition) is 1. The van der Waals surface area contributed by atoms with Crippen molar-refractivity contribution in [1.29, 1.82) is 0 Å². The molecule has 0 aliphatic heterocycles. The molecule has 0 saturated heterocycles. The molecule has 1 fully saturated rings. The summed E-state index contributed by atoms with van der Waals surface area (Å²) in [4.78, 5) is 14.3. The lowest BCUT2D eigenvalue weighted by molar-refractivity contribution is 0.0762. The Morgan fingerprint density at radius 3 is 2.68 bits per heavy atom. The van der Waals surface area contributed by atoms with Crippen molar-refractivity contribution in [3.05, 3.63) is 11.4 Å². The van der Waals surface area contributed by atoms with Crippen molar-refractivity contribution in [3.8, 4) is 0 Å². The second kappa shape index (κ2) is 5.63. The molecule has 0 radical (unpaired) electrons. The highest BCUT2D eigenvalue weighted by Crippen LogP contribution is 2.26. The van der Waals surface area contributed by atoms with Gasteiger partial charge in [-0.15, -0.1) is 0 Å². The lowest BCUT2D eigenvalue weighted by Gasteiger charge is -2.21. The summed E-state index contributed by atoms with van der Waals surface area (Å²) < 4.78 is 1.71. The predicted molar refractivity (Wildman–Crippen MR) is 76.0 cm³/mol. The molecule has 1 heterocycles. The van der Waals surface area contributed by atoms with Gasteiger partial charge < -0.3 is 10.6 Å². The van der Waals surface area contributed by atoms with Gasteiger partial charge in [-0.25, -0.2) is 0 Å². The Kier molecular flexibility index (Phi) is 4.12. The van der Waals surface area contributed by atoms with E-state index >= 15 is 0 Å². The van der Waals surface area contributed by atoms with Crippen molar-refractivity contribution >= 4 is 11.6 Å². The summed E-state index contributed by atoms with van der Waals surface area (Å²) in [6, 6.07) is 0. The number of amides is 1. The van der Waals surface area contributed by atoms with Crippen LogP contribution < -0.4 is 5.73 Å². The average Bonchev–Trinajstić information content (AvgIpc) is 2.98. The maximum Gasteiger partial charge on any atom is 0.274 e. The highest BCUT2D eigenvalue weighted by molar-refractivity contribution is 5.97. The van der Waals surface area contributed by atoms with E-state index in [2.05, 4.69) is 5.10 Å². The van der Waals surface area contributed by atoms with E-state index < -0.39 is 0 Å². The molecule has 0 spiro atoms. The zero-order valence-electron chi connectivity index (χ0n) is 12.1. The number of carbonyl (C=O) groups excluding carboxylic acids is 1. The molecule has 1 saturated carbocycles. The number of nitrogens with two attached hydrogens (primary N) is 1. The molecule has 2 rings (SSSR count). The van der Waals surface area contributed by atoms with Crippen molar-refractivity contribution in [3.63, 3.8) is 0 Å². The molecular weight excluding hydrogens is 240 g/mol. The van der Waals surface area contributed by atoms with E-state index in [9.17, 15) is 4.79 Å². The lowest BCUT2D eigenvalue weighted by atomic mass is 10.1. The largest absolute Gasteiger partial charge is 0.395 e. The zero-order chi connectivity index (χ0) is 14.0. The minimum Gasteiger partial charge on any atom is -0.395 e. The summed E-state index contributed by atoms with van der Waals surface area (Å²) in [5.41, 5.74) is 7.79. The van der Waals surface area contributed by atoms with Gasteiger partial charge in [0.05, 0.1) is 11.4 Å². The van der Waals surface area contributed by atoms with Gasteiger partial charge in [-0.2, -0.15) is 5.10 Å². The highest BCUT2D eigenvalue weighted by Gasteiger charge is 2.25. The third kappa shape index (κ3) is 2.74. The van der Waals surface area contributed by atoms with Crippen LogP contribution in [0.1, 0.15) is 48.8 Å². The third-order valence-electron chi connectivity index (χ3n) is 4.03. The number of nitrogens with zero attached hydrogens (tertiary/aromatic N) is 3. The third-order valence-corrected chi connectivity index (χ3v) is 4.03. The predicted octanol–water partition coefficient (Wildman–Crippen LogP) is 2.06. The quantitative estimate of drug-likeness (QED) is 0.905. The topological polar surface area (TPSA) is 64.2 Å². The van der Waals surface area contributed by atoms with Crippen LogP contribution in [-0.2, 0) is 6.54 Å². The standard InChI is InChI=1S/C14H24N4O/c1-4-18-13(12(15)10(2)16-18)14(19)17(3)9-11-7-5-6-8-11/h11H,4-9,15H2,1-3H3. The molecule has 0 aromatic carbocycles. The van der Waals surface area contributed by atoms with Crippen LogP contribution in [0, 0.1) is 12.8 Å². The van der Waals surface area contributed by atoms with Crippen LogP contribution >= 0.6 is 0 Å². The Hall–Kier alpha value is -1.52. The summed E-state index contributed by atoms with van der Waals surface area (Å²) in [6.45, 7) is 5.30. The van der Waals surface area contributed by atoms with Crippen molar-refractivity contribution < 1.29 is 4.79 Å². The molecule has 0 bridgehead atoms. The molecule has 19 heavy (non-hydrogen) atoms. The van der Waals surface area contributed by atoms with Gasteiger partial charge >= 0.3 is 0 Å². The monoisotopic (exact) mass is 264 g/mol. The molecule has 5 heteroatoms. The number of anilines is 1. The Bertz CT molecular complexity index is 460. The lowest BCUT2D eigenvalue weighted by Crippen LogP contribution is -2.33. The Morgan fingerprint density at radius 2 is 2.11 bits per heavy atom. The van der Waals surface area contributed by atoms with Gasteiger partial charge in [-0.3, -0.25) is 9.48 Å². The molecule has 1 aliphatic carbocycles. The van der Waals surface area contributed by atoms with Gasteiger partial charge in [0.15, 0.2) is 0 Å². The molecule has 106 valence electrons. The van der Waals surface area contributed by atoms with Crippen LogP contribution in [0.25, 0.3) is 0 Å². The van der Waals surface area contributed by atoms with Crippen LogP contribution in [0.5, 0.6) is 0 Å². The molecule has 1 aliphatic rings. The van der Waals surface area contributed by atoms with Crippen LogP contribution in [0.15, 0.2) is 0 Å². The normalized spacial score (nSPS) is 15.9. The number of nitrogen functional groups attached to an aromatic ring is 1. The molecular formula is C14H24N4O. The minimum absolute atomic E-state index is 0.00755. The van der Waals surface area contributed by atoms with Crippen LogP contribution in [0.3, 0.4) is 0 Å². The van der Waals surface area contributed by atoms with E-state index in [4.69, 9.17) is 5.73 Å². The Labute approximate surface area is 114 Å². The van der Waals surface area contributed by atoms with Crippen molar-refractivity contribution in [2.75, 3.05) is 19.3 Å². The fourth-order valence-corrected chi connectivity index (χ4v) is 2.89. The van der Waals surface area contributed by atoms with Crippen LogP contribution in [-0.4, -0.2) is 34.2 Å².